The number of carbonyl (C=O) groups is 6. The molecular formula is C48H57ClN12O7. The normalized spacial score (nSPS) is 19.2. The largest absolute Gasteiger partial charge is 0.381 e. The summed E-state index contributed by atoms with van der Waals surface area (Å²) in [7, 11) is 1.57. The average molecular weight is 950 g/mol. The van der Waals surface area contributed by atoms with Gasteiger partial charge in [0, 0.05) is 87.5 Å². The Morgan fingerprint density at radius 2 is 1.62 bits per heavy atom. The predicted molar refractivity (Wildman–Crippen MR) is 257 cm³/mol. The molecule has 0 bridgehead atoms. The van der Waals surface area contributed by atoms with Crippen molar-refractivity contribution in [3.63, 3.8) is 0 Å². The summed E-state index contributed by atoms with van der Waals surface area (Å²) in [4.78, 5) is 89.5. The molecule has 3 fully saturated rings. The molecule has 1 unspecified atom stereocenters. The molecule has 1 aromatic heterocycles. The van der Waals surface area contributed by atoms with E-state index in [9.17, 15) is 28.8 Å². The Morgan fingerprint density at radius 1 is 0.868 bits per heavy atom. The van der Waals surface area contributed by atoms with Gasteiger partial charge in [0.15, 0.2) is 5.82 Å². The third kappa shape index (κ3) is 12.0. The molecule has 7 amide bonds. The standard InChI is InChI=1S/C48H57ClN12O7/c1-50-44(64)37-5-2-3-6-39(37)56-43-38(49)28-52-47(58-43)54-32-11-14-35(15-12-32)59-21-23-60(24-22-59)48(67)55-33-9-7-31(8-10-33)51-20-4-25-68-26-19-42(63)53-34-13-16-36-30(27-34)29-61(46(36)66)40-17-18-41(62)57-45(40)65/h2-3,5-6,11-16,27-28,31,33,40,51H,4,7-10,17-26,29H2,1H3,(H,50,64)(H,53,63)(H,55,67)(H,57,62,65)(H2,52,54,56,58)/t31-,33+,40?. The van der Waals surface area contributed by atoms with Gasteiger partial charge in [-0.05, 0) is 105 Å². The van der Waals surface area contributed by atoms with Crippen LogP contribution < -0.4 is 42.1 Å². The van der Waals surface area contributed by atoms with Crippen molar-refractivity contribution in [1.82, 2.24) is 41.0 Å². The summed E-state index contributed by atoms with van der Waals surface area (Å²) in [6, 6.07) is 20.0. The predicted octanol–water partition coefficient (Wildman–Crippen LogP) is 4.91. The highest BCUT2D eigenvalue weighted by Crippen LogP contribution is 2.31. The lowest BCUT2D eigenvalue weighted by atomic mass is 9.91. The number of benzene rings is 3. The maximum atomic E-state index is 13.2. The van der Waals surface area contributed by atoms with E-state index in [1.807, 2.05) is 35.2 Å². The molecule has 4 aliphatic rings. The molecule has 3 aliphatic heterocycles. The summed E-state index contributed by atoms with van der Waals surface area (Å²) in [5.74, 6) is -0.776. The molecule has 358 valence electrons. The smallest absolute Gasteiger partial charge is 0.317 e. The second-order valence-corrected chi connectivity index (χ2v) is 17.7. The third-order valence-corrected chi connectivity index (χ3v) is 13.0. The van der Waals surface area contributed by atoms with Crippen LogP contribution in [0.15, 0.2) is 72.9 Å². The van der Waals surface area contributed by atoms with Crippen LogP contribution in [0.5, 0.6) is 0 Å². The molecule has 68 heavy (non-hydrogen) atoms. The molecule has 1 atom stereocenters. The fourth-order valence-electron chi connectivity index (χ4n) is 8.95. The number of anilines is 6. The first-order valence-corrected chi connectivity index (χ1v) is 23.6. The highest BCUT2D eigenvalue weighted by atomic mass is 35.5. The number of aromatic nitrogens is 2. The van der Waals surface area contributed by atoms with Gasteiger partial charge < -0.3 is 51.3 Å². The highest BCUT2D eigenvalue weighted by Gasteiger charge is 2.39. The van der Waals surface area contributed by atoms with Gasteiger partial charge in [-0.2, -0.15) is 4.98 Å². The Bertz CT molecular complexity index is 2490. The SMILES string of the molecule is CNC(=O)c1ccccc1Nc1nc(Nc2ccc(N3CCN(C(=O)N[C@H]4CC[C@@H](NCCCOCCC(=O)Nc5ccc6c(c5)CN(C5CCC(=O)NC5=O)C6=O)CC4)CC3)cc2)ncc1Cl. The average Bonchev–Trinajstić information content (AvgIpc) is 3.67. The summed E-state index contributed by atoms with van der Waals surface area (Å²) in [6.07, 6.45) is 6.77. The Balaban J connectivity index is 0.670. The van der Waals surface area contributed by atoms with E-state index in [1.165, 1.54) is 11.1 Å². The maximum Gasteiger partial charge on any atom is 0.317 e. The summed E-state index contributed by atoms with van der Waals surface area (Å²) < 4.78 is 5.73. The molecule has 19 nitrogen and oxygen atoms in total. The summed E-state index contributed by atoms with van der Waals surface area (Å²) >= 11 is 6.40. The van der Waals surface area contributed by atoms with Gasteiger partial charge >= 0.3 is 6.03 Å². The molecule has 7 N–H and O–H groups in total. The number of carbonyl (C=O) groups excluding carboxylic acids is 6. The van der Waals surface area contributed by atoms with Crippen LogP contribution in [0.3, 0.4) is 0 Å². The van der Waals surface area contributed by atoms with Crippen molar-refractivity contribution in [3.8, 4) is 0 Å². The molecule has 8 rings (SSSR count). The Labute approximate surface area is 399 Å². The van der Waals surface area contributed by atoms with Crippen LogP contribution in [-0.4, -0.2) is 126 Å². The number of fused-ring (bicyclic) bond motifs is 1. The van der Waals surface area contributed by atoms with E-state index in [4.69, 9.17) is 16.3 Å². The quantitative estimate of drug-likeness (QED) is 0.0552. The van der Waals surface area contributed by atoms with E-state index in [0.717, 1.165) is 68.7 Å². The summed E-state index contributed by atoms with van der Waals surface area (Å²) in [5.41, 5.74) is 4.65. The van der Waals surface area contributed by atoms with Crippen molar-refractivity contribution in [2.75, 3.05) is 73.8 Å². The zero-order valence-corrected chi connectivity index (χ0v) is 38.7. The molecule has 0 spiro atoms. The highest BCUT2D eigenvalue weighted by molar-refractivity contribution is 6.33. The number of hydrogen-bond acceptors (Lipinski definition) is 13. The molecule has 1 saturated carbocycles. The molecular weight excluding hydrogens is 892 g/mol. The minimum Gasteiger partial charge on any atom is -0.381 e. The van der Waals surface area contributed by atoms with Crippen molar-refractivity contribution < 1.29 is 33.5 Å². The van der Waals surface area contributed by atoms with Crippen LogP contribution in [0.1, 0.15) is 77.6 Å². The fourth-order valence-corrected chi connectivity index (χ4v) is 9.09. The van der Waals surface area contributed by atoms with Gasteiger partial charge in [0.1, 0.15) is 11.1 Å². The van der Waals surface area contributed by atoms with Crippen molar-refractivity contribution in [2.24, 2.45) is 0 Å². The van der Waals surface area contributed by atoms with Crippen molar-refractivity contribution in [3.05, 3.63) is 94.6 Å². The monoisotopic (exact) mass is 948 g/mol. The second-order valence-electron chi connectivity index (χ2n) is 17.3. The topological polar surface area (TPSA) is 231 Å². The number of piperidine rings is 1. The molecule has 0 radical (unpaired) electrons. The number of imide groups is 1. The number of halogens is 1. The van der Waals surface area contributed by atoms with Gasteiger partial charge in [0.2, 0.25) is 23.7 Å². The molecule has 20 heteroatoms. The number of ether oxygens (including phenoxy) is 1. The fraction of sp³-hybridized carbons (Fsp3) is 0.417. The molecule has 1 aliphatic carbocycles. The van der Waals surface area contributed by atoms with E-state index in [2.05, 4.69) is 52.1 Å². The number of hydrogen-bond donors (Lipinski definition) is 7. The number of para-hydroxylation sites is 1. The van der Waals surface area contributed by atoms with Crippen molar-refractivity contribution in [1.29, 1.82) is 0 Å². The van der Waals surface area contributed by atoms with Crippen LogP contribution in [0.25, 0.3) is 0 Å². The van der Waals surface area contributed by atoms with E-state index in [-0.39, 0.29) is 61.7 Å². The number of nitrogens with one attached hydrogen (secondary N) is 7. The zero-order chi connectivity index (χ0) is 47.6. The van der Waals surface area contributed by atoms with E-state index in [0.29, 0.717) is 71.4 Å². The van der Waals surface area contributed by atoms with Gasteiger partial charge in [-0.15, -0.1) is 0 Å². The Kier molecular flexibility index (Phi) is 15.6. The van der Waals surface area contributed by atoms with Gasteiger partial charge in [0.05, 0.1) is 30.5 Å². The first kappa shape index (κ1) is 47.7. The molecule has 2 saturated heterocycles. The van der Waals surface area contributed by atoms with Gasteiger partial charge in [-0.3, -0.25) is 29.3 Å². The van der Waals surface area contributed by atoms with Crippen LogP contribution in [0.4, 0.5) is 39.3 Å². The van der Waals surface area contributed by atoms with Crippen LogP contribution in [0, 0.1) is 0 Å². The van der Waals surface area contributed by atoms with Crippen molar-refractivity contribution in [2.45, 2.75) is 76.0 Å². The van der Waals surface area contributed by atoms with E-state index >= 15 is 0 Å². The first-order chi connectivity index (χ1) is 33.0. The van der Waals surface area contributed by atoms with Gasteiger partial charge in [-0.25, -0.2) is 9.78 Å². The number of rotatable bonds is 17. The minimum absolute atomic E-state index is 0.0116. The van der Waals surface area contributed by atoms with Crippen LogP contribution in [-0.2, 0) is 25.7 Å². The lowest BCUT2D eigenvalue weighted by Gasteiger charge is -2.37. The third-order valence-electron chi connectivity index (χ3n) is 12.7. The number of amides is 7. The Morgan fingerprint density at radius 3 is 2.38 bits per heavy atom. The lowest BCUT2D eigenvalue weighted by molar-refractivity contribution is -0.137. The van der Waals surface area contributed by atoms with Gasteiger partial charge in [0.25, 0.3) is 11.8 Å². The minimum atomic E-state index is -0.688. The molecule has 3 aromatic carbocycles. The number of nitrogens with zero attached hydrogens (tertiary/aromatic N) is 5. The van der Waals surface area contributed by atoms with E-state index < -0.39 is 11.9 Å². The zero-order valence-electron chi connectivity index (χ0n) is 37.9. The van der Waals surface area contributed by atoms with Crippen LogP contribution in [0.2, 0.25) is 5.02 Å². The molecule has 4 heterocycles. The number of urea groups is 1. The summed E-state index contributed by atoms with van der Waals surface area (Å²) in [5, 5.41) is 21.4. The summed E-state index contributed by atoms with van der Waals surface area (Å²) in [6.45, 7) is 4.54. The first-order valence-electron chi connectivity index (χ1n) is 23.2. The maximum absolute atomic E-state index is 13.2. The lowest BCUT2D eigenvalue weighted by Crippen LogP contribution is -2.54. The second kappa shape index (κ2) is 22.3. The van der Waals surface area contributed by atoms with Gasteiger partial charge in [-0.1, -0.05) is 23.7 Å². The van der Waals surface area contributed by atoms with E-state index in [1.54, 1.807) is 43.4 Å². The molecule has 4 aromatic rings. The van der Waals surface area contributed by atoms with Crippen LogP contribution >= 0.6 is 11.6 Å². The number of piperazine rings is 1. The Hall–Kier alpha value is -6.83. The van der Waals surface area contributed by atoms with Crippen molar-refractivity contribution >= 4 is 81.7 Å².